The van der Waals surface area contributed by atoms with E-state index in [9.17, 15) is 4.79 Å². The molecule has 3 aromatic heterocycles. The van der Waals surface area contributed by atoms with E-state index in [4.69, 9.17) is 9.72 Å². The fourth-order valence-corrected chi connectivity index (χ4v) is 3.64. The van der Waals surface area contributed by atoms with E-state index in [0.717, 1.165) is 34.2 Å². The molecule has 7 nitrogen and oxygen atoms in total. The Morgan fingerprint density at radius 2 is 1.71 bits per heavy atom. The molecule has 4 rings (SSSR count). The summed E-state index contributed by atoms with van der Waals surface area (Å²) in [7, 11) is 0. The Hall–Kier alpha value is -3.87. The van der Waals surface area contributed by atoms with Crippen molar-refractivity contribution in [1.29, 1.82) is 0 Å². The highest BCUT2D eigenvalue weighted by molar-refractivity contribution is 5.62. The van der Waals surface area contributed by atoms with Crippen molar-refractivity contribution >= 4 is 0 Å². The van der Waals surface area contributed by atoms with Crippen LogP contribution in [0.3, 0.4) is 0 Å². The van der Waals surface area contributed by atoms with E-state index >= 15 is 0 Å². The van der Waals surface area contributed by atoms with Gasteiger partial charge in [0.25, 0.3) is 5.56 Å². The van der Waals surface area contributed by atoms with E-state index in [1.54, 1.807) is 24.6 Å². The van der Waals surface area contributed by atoms with E-state index in [1.165, 1.54) is 0 Å². The third-order valence-corrected chi connectivity index (χ3v) is 5.46. The first kappa shape index (κ1) is 23.3. The second-order valence-corrected chi connectivity index (χ2v) is 9.35. The Balaban J connectivity index is 1.68. The highest BCUT2D eigenvalue weighted by Gasteiger charge is 2.18. The van der Waals surface area contributed by atoms with Crippen LogP contribution in [0.1, 0.15) is 49.4 Å². The van der Waals surface area contributed by atoms with E-state index < -0.39 is 0 Å². The molecule has 0 N–H and O–H groups in total. The highest BCUT2D eigenvalue weighted by Crippen LogP contribution is 2.24. The smallest absolute Gasteiger partial charge is 0.264 e. The van der Waals surface area contributed by atoms with Crippen LogP contribution in [-0.2, 0) is 12.0 Å². The van der Waals surface area contributed by atoms with Crippen molar-refractivity contribution in [1.82, 2.24) is 24.5 Å². The number of hydrogen-bond donors (Lipinski definition) is 0. The Bertz CT molecular complexity index is 1400. The molecule has 0 radical (unpaired) electrons. The zero-order valence-corrected chi connectivity index (χ0v) is 20.5. The van der Waals surface area contributed by atoms with Gasteiger partial charge in [-0.1, -0.05) is 39.0 Å². The molecule has 34 heavy (non-hydrogen) atoms. The van der Waals surface area contributed by atoms with Gasteiger partial charge in [-0.05, 0) is 51.1 Å². The minimum absolute atomic E-state index is 0.161. The lowest BCUT2D eigenvalue weighted by molar-refractivity contribution is 0.284. The van der Waals surface area contributed by atoms with Gasteiger partial charge in [0.15, 0.2) is 0 Å². The van der Waals surface area contributed by atoms with Crippen molar-refractivity contribution in [3.63, 3.8) is 0 Å². The molecule has 0 aliphatic carbocycles. The molecule has 3 heterocycles. The van der Waals surface area contributed by atoms with Crippen LogP contribution in [0.5, 0.6) is 5.88 Å². The SMILES string of the molecule is Cc1cccc(COc2nc(C)n(-c3cccc(-c4ccnc(C(C)(C)C)n4)c3)c(=O)c2C)n1. The van der Waals surface area contributed by atoms with Gasteiger partial charge >= 0.3 is 0 Å². The molecule has 0 fully saturated rings. The molecule has 0 spiro atoms. The monoisotopic (exact) mass is 455 g/mol. The number of pyridine rings is 1. The third kappa shape index (κ3) is 4.88. The fraction of sp³-hybridized carbons (Fsp3) is 0.296. The molecule has 7 heteroatoms. The van der Waals surface area contributed by atoms with Crippen molar-refractivity contribution in [2.45, 2.75) is 53.6 Å². The molecular formula is C27H29N5O2. The van der Waals surface area contributed by atoms with Crippen LogP contribution in [0, 0.1) is 20.8 Å². The van der Waals surface area contributed by atoms with Crippen LogP contribution in [-0.4, -0.2) is 24.5 Å². The van der Waals surface area contributed by atoms with Gasteiger partial charge in [0.05, 0.1) is 22.6 Å². The summed E-state index contributed by atoms with van der Waals surface area (Å²) >= 11 is 0. The Labute approximate surface area is 199 Å². The summed E-state index contributed by atoms with van der Waals surface area (Å²) in [4.78, 5) is 31.5. The van der Waals surface area contributed by atoms with Crippen molar-refractivity contribution in [2.75, 3.05) is 0 Å². The average Bonchev–Trinajstić information content (AvgIpc) is 2.80. The van der Waals surface area contributed by atoms with E-state index in [-0.39, 0.29) is 17.6 Å². The van der Waals surface area contributed by atoms with Crippen LogP contribution in [0.15, 0.2) is 59.5 Å². The molecule has 0 atom stereocenters. The normalized spacial score (nSPS) is 11.5. The summed E-state index contributed by atoms with van der Waals surface area (Å²) in [6.07, 6.45) is 1.77. The first-order valence-electron chi connectivity index (χ1n) is 11.2. The van der Waals surface area contributed by atoms with Crippen LogP contribution >= 0.6 is 0 Å². The molecule has 0 amide bonds. The lowest BCUT2D eigenvalue weighted by Crippen LogP contribution is -2.25. The van der Waals surface area contributed by atoms with Gasteiger partial charge in [-0.2, -0.15) is 4.98 Å². The number of aryl methyl sites for hydroxylation is 2. The summed E-state index contributed by atoms with van der Waals surface area (Å²) in [5.41, 5.74) is 4.24. The van der Waals surface area contributed by atoms with Gasteiger partial charge in [-0.15, -0.1) is 0 Å². The molecule has 0 aliphatic rings. The average molecular weight is 456 g/mol. The predicted molar refractivity (Wildman–Crippen MR) is 132 cm³/mol. The minimum Gasteiger partial charge on any atom is -0.471 e. The quantitative estimate of drug-likeness (QED) is 0.426. The molecule has 174 valence electrons. The minimum atomic E-state index is -0.171. The molecule has 0 bridgehead atoms. The number of rotatable bonds is 5. The maximum absolute atomic E-state index is 13.3. The van der Waals surface area contributed by atoms with Crippen LogP contribution in [0.2, 0.25) is 0 Å². The molecular weight excluding hydrogens is 426 g/mol. The number of benzene rings is 1. The summed E-state index contributed by atoms with van der Waals surface area (Å²) in [6.45, 7) is 12.0. The second-order valence-electron chi connectivity index (χ2n) is 9.35. The molecule has 4 aromatic rings. The molecule has 1 aromatic carbocycles. The van der Waals surface area contributed by atoms with E-state index in [2.05, 4.69) is 35.7 Å². The third-order valence-electron chi connectivity index (χ3n) is 5.46. The number of aromatic nitrogens is 5. The lowest BCUT2D eigenvalue weighted by atomic mass is 9.95. The highest BCUT2D eigenvalue weighted by atomic mass is 16.5. The fourth-order valence-electron chi connectivity index (χ4n) is 3.64. The van der Waals surface area contributed by atoms with Gasteiger partial charge in [0.2, 0.25) is 5.88 Å². The topological polar surface area (TPSA) is 82.8 Å². The van der Waals surface area contributed by atoms with E-state index in [0.29, 0.717) is 17.3 Å². The molecule has 0 saturated carbocycles. The number of ether oxygens (including phenoxy) is 1. The van der Waals surface area contributed by atoms with Gasteiger partial charge in [0.1, 0.15) is 18.3 Å². The first-order valence-corrected chi connectivity index (χ1v) is 11.2. The Morgan fingerprint density at radius 1 is 0.941 bits per heavy atom. The van der Waals surface area contributed by atoms with Gasteiger partial charge < -0.3 is 4.74 Å². The van der Waals surface area contributed by atoms with E-state index in [1.807, 2.05) is 55.5 Å². The van der Waals surface area contributed by atoms with Crippen LogP contribution in [0.4, 0.5) is 0 Å². The summed E-state index contributed by atoms with van der Waals surface area (Å²) in [5.74, 6) is 1.63. The first-order chi connectivity index (χ1) is 16.1. The van der Waals surface area contributed by atoms with Crippen LogP contribution < -0.4 is 10.3 Å². The van der Waals surface area contributed by atoms with Gasteiger partial charge in [-0.3, -0.25) is 14.3 Å². The summed E-state index contributed by atoms with van der Waals surface area (Å²) in [5, 5.41) is 0. The van der Waals surface area contributed by atoms with Crippen molar-refractivity contribution < 1.29 is 4.74 Å². The van der Waals surface area contributed by atoms with Crippen molar-refractivity contribution in [3.05, 3.63) is 93.7 Å². The zero-order valence-electron chi connectivity index (χ0n) is 20.5. The largest absolute Gasteiger partial charge is 0.471 e. The molecule has 0 saturated heterocycles. The molecule has 0 unspecified atom stereocenters. The standard InChI is InChI=1S/C27H29N5O2/c1-17-9-7-11-21(29-17)16-34-24-18(2)25(33)32(19(3)30-24)22-12-8-10-20(15-22)23-13-14-28-26(31-23)27(4,5)6/h7-15H,16H2,1-6H3. The lowest BCUT2D eigenvalue weighted by Gasteiger charge is -2.17. The van der Waals surface area contributed by atoms with Crippen molar-refractivity contribution in [3.8, 4) is 22.8 Å². The van der Waals surface area contributed by atoms with Crippen molar-refractivity contribution in [2.24, 2.45) is 0 Å². The maximum atomic E-state index is 13.3. The van der Waals surface area contributed by atoms with Crippen LogP contribution in [0.25, 0.3) is 16.9 Å². The maximum Gasteiger partial charge on any atom is 0.264 e. The second kappa shape index (κ2) is 9.17. The molecule has 0 aliphatic heterocycles. The zero-order chi connectivity index (χ0) is 24.5. The van der Waals surface area contributed by atoms with Gasteiger partial charge in [-0.25, -0.2) is 9.97 Å². The summed E-state index contributed by atoms with van der Waals surface area (Å²) < 4.78 is 7.46. The van der Waals surface area contributed by atoms with Gasteiger partial charge in [0, 0.05) is 22.9 Å². The number of nitrogens with zero attached hydrogens (tertiary/aromatic N) is 5. The summed E-state index contributed by atoms with van der Waals surface area (Å²) in [6, 6.07) is 15.4. The predicted octanol–water partition coefficient (Wildman–Crippen LogP) is 4.89. The Morgan fingerprint density at radius 3 is 2.44 bits per heavy atom. The Kier molecular flexibility index (Phi) is 6.28. The number of hydrogen-bond acceptors (Lipinski definition) is 6.